The highest BCUT2D eigenvalue weighted by molar-refractivity contribution is 5.91. The van der Waals surface area contributed by atoms with E-state index in [2.05, 4.69) is 24.5 Å². The van der Waals surface area contributed by atoms with E-state index in [1.807, 2.05) is 69.8 Å². The first-order valence-corrected chi connectivity index (χ1v) is 10.2. The topological polar surface area (TPSA) is 64.7 Å². The van der Waals surface area contributed by atoms with Crippen LogP contribution in [0, 0.1) is 5.92 Å². The van der Waals surface area contributed by atoms with Crippen molar-refractivity contribution in [3.8, 4) is 0 Å². The van der Waals surface area contributed by atoms with Gasteiger partial charge in [-0.05, 0) is 56.9 Å². The smallest absolute Gasteiger partial charge is 0.318 e. The molecular formula is C22H38N4O2. The first-order chi connectivity index (χ1) is 13.0. The third kappa shape index (κ3) is 7.41. The van der Waals surface area contributed by atoms with Crippen LogP contribution in [-0.2, 0) is 11.3 Å². The predicted octanol–water partition coefficient (Wildman–Crippen LogP) is 4.46. The fourth-order valence-electron chi connectivity index (χ4n) is 2.97. The Morgan fingerprint density at radius 3 is 2.21 bits per heavy atom. The third-order valence-electron chi connectivity index (χ3n) is 4.58. The molecule has 6 heteroatoms. The molecule has 158 valence electrons. The van der Waals surface area contributed by atoms with E-state index >= 15 is 0 Å². The lowest BCUT2D eigenvalue weighted by Gasteiger charge is -2.31. The van der Waals surface area contributed by atoms with E-state index in [1.165, 1.54) is 0 Å². The molecule has 0 bridgehead atoms. The highest BCUT2D eigenvalue weighted by Crippen LogP contribution is 2.26. The molecule has 0 aliphatic carbocycles. The van der Waals surface area contributed by atoms with E-state index < -0.39 is 0 Å². The Bertz CT molecular complexity index is 656. The molecule has 28 heavy (non-hydrogen) atoms. The lowest BCUT2D eigenvalue weighted by atomic mass is 10.1. The summed E-state index contributed by atoms with van der Waals surface area (Å²) in [6, 6.07) is 6.00. The number of nitrogens with zero attached hydrogens (tertiary/aromatic N) is 2. The number of rotatable bonds is 9. The lowest BCUT2D eigenvalue weighted by Crippen LogP contribution is -2.46. The Balaban J connectivity index is 3.16. The first kappa shape index (κ1) is 23.8. The molecule has 0 unspecified atom stereocenters. The van der Waals surface area contributed by atoms with Gasteiger partial charge in [0.25, 0.3) is 0 Å². The summed E-state index contributed by atoms with van der Waals surface area (Å²) in [5.41, 5.74) is 2.80. The third-order valence-corrected chi connectivity index (χ3v) is 4.58. The minimum absolute atomic E-state index is 0.00915. The normalized spacial score (nSPS) is 12.1. The number of nitrogens with one attached hydrogen (secondary N) is 2. The molecule has 0 spiro atoms. The van der Waals surface area contributed by atoms with Gasteiger partial charge < -0.3 is 20.4 Å². The molecular weight excluding hydrogens is 352 g/mol. The molecule has 1 rings (SSSR count). The van der Waals surface area contributed by atoms with Crippen molar-refractivity contribution in [1.82, 2.24) is 10.2 Å². The molecule has 0 saturated heterocycles. The van der Waals surface area contributed by atoms with Crippen LogP contribution in [0.15, 0.2) is 18.2 Å². The molecule has 1 aromatic rings. The van der Waals surface area contributed by atoms with Crippen LogP contribution in [0.3, 0.4) is 0 Å². The van der Waals surface area contributed by atoms with E-state index in [-0.39, 0.29) is 24.0 Å². The summed E-state index contributed by atoms with van der Waals surface area (Å²) in [5.74, 6) is 0.316. The van der Waals surface area contributed by atoms with Crippen molar-refractivity contribution in [3.05, 3.63) is 23.8 Å². The van der Waals surface area contributed by atoms with Crippen LogP contribution in [0.2, 0.25) is 0 Å². The van der Waals surface area contributed by atoms with Gasteiger partial charge in [0.05, 0.1) is 0 Å². The zero-order valence-corrected chi connectivity index (χ0v) is 18.8. The van der Waals surface area contributed by atoms with Crippen LogP contribution in [-0.4, -0.2) is 43.0 Å². The van der Waals surface area contributed by atoms with E-state index in [0.29, 0.717) is 18.9 Å². The number of carbonyl (C=O) groups is 2. The fourth-order valence-corrected chi connectivity index (χ4v) is 2.97. The largest absolute Gasteiger partial charge is 0.377 e. The van der Waals surface area contributed by atoms with Gasteiger partial charge in [-0.3, -0.25) is 4.79 Å². The van der Waals surface area contributed by atoms with E-state index in [4.69, 9.17) is 0 Å². The minimum Gasteiger partial charge on any atom is -0.377 e. The Morgan fingerprint density at radius 1 is 1.07 bits per heavy atom. The number of carbonyl (C=O) groups excluding carboxylic acids is 2. The number of urea groups is 1. The number of benzene rings is 1. The molecule has 0 saturated carbocycles. The number of anilines is 2. The second-order valence-electron chi connectivity index (χ2n) is 8.37. The molecule has 0 aromatic heterocycles. The second kappa shape index (κ2) is 10.9. The van der Waals surface area contributed by atoms with E-state index in [9.17, 15) is 9.59 Å². The Hall–Kier alpha value is -2.24. The maximum Gasteiger partial charge on any atom is 0.318 e. The highest BCUT2D eigenvalue weighted by atomic mass is 16.2. The summed E-state index contributed by atoms with van der Waals surface area (Å²) in [4.78, 5) is 28.8. The van der Waals surface area contributed by atoms with Crippen LogP contribution in [0.25, 0.3) is 0 Å². The summed E-state index contributed by atoms with van der Waals surface area (Å²) >= 11 is 0. The van der Waals surface area contributed by atoms with Crippen molar-refractivity contribution >= 4 is 23.3 Å². The average Bonchev–Trinajstić information content (AvgIpc) is 2.57. The summed E-state index contributed by atoms with van der Waals surface area (Å²) in [6.07, 6.45) is 1.36. The van der Waals surface area contributed by atoms with Crippen molar-refractivity contribution in [2.75, 3.05) is 24.3 Å². The second-order valence-corrected chi connectivity index (χ2v) is 8.37. The highest BCUT2D eigenvalue weighted by Gasteiger charge is 2.22. The van der Waals surface area contributed by atoms with Crippen molar-refractivity contribution in [2.45, 2.75) is 73.0 Å². The Kier molecular flexibility index (Phi) is 9.29. The van der Waals surface area contributed by atoms with E-state index in [0.717, 1.165) is 23.4 Å². The van der Waals surface area contributed by atoms with Gasteiger partial charge >= 0.3 is 6.03 Å². The lowest BCUT2D eigenvalue weighted by molar-refractivity contribution is -0.116. The summed E-state index contributed by atoms with van der Waals surface area (Å²) in [7, 11) is 3.97. The van der Waals surface area contributed by atoms with Crippen molar-refractivity contribution in [3.63, 3.8) is 0 Å². The predicted molar refractivity (Wildman–Crippen MR) is 118 cm³/mol. The molecule has 0 fully saturated rings. The molecule has 0 radical (unpaired) electrons. The van der Waals surface area contributed by atoms with Crippen molar-refractivity contribution in [1.29, 1.82) is 0 Å². The van der Waals surface area contributed by atoms with Crippen LogP contribution >= 0.6 is 0 Å². The monoisotopic (exact) mass is 390 g/mol. The Labute approximate surface area is 170 Å². The van der Waals surface area contributed by atoms with Crippen molar-refractivity contribution in [2.24, 2.45) is 5.92 Å². The SMILES string of the molecule is CC[C@H](C)N(Cc1cc(NC(=O)CC(C)C)ccc1N(C)C)C(=O)NC(C)C. The Morgan fingerprint density at radius 2 is 1.71 bits per heavy atom. The molecule has 1 atom stereocenters. The van der Waals surface area contributed by atoms with E-state index in [1.54, 1.807) is 0 Å². The first-order valence-electron chi connectivity index (χ1n) is 10.2. The molecule has 3 amide bonds. The van der Waals surface area contributed by atoms with Crippen LogP contribution in [0.5, 0.6) is 0 Å². The standard InChI is InChI=1S/C22H38N4O2/c1-9-17(6)26(22(28)23-16(4)5)14-18-13-19(10-11-20(18)25(7)8)24-21(27)12-15(2)3/h10-11,13,15-17H,9,12,14H2,1-8H3,(H,23,28)(H,24,27)/t17-/m0/s1. The number of hydrogen-bond acceptors (Lipinski definition) is 3. The number of amides is 3. The zero-order valence-electron chi connectivity index (χ0n) is 18.8. The molecule has 1 aromatic carbocycles. The average molecular weight is 391 g/mol. The van der Waals surface area contributed by atoms with Gasteiger partial charge in [-0.1, -0.05) is 20.8 Å². The van der Waals surface area contributed by atoms with Gasteiger partial charge in [0, 0.05) is 50.5 Å². The maximum atomic E-state index is 12.8. The van der Waals surface area contributed by atoms with Gasteiger partial charge in [0.2, 0.25) is 5.91 Å². The molecule has 0 heterocycles. The van der Waals surface area contributed by atoms with Crippen LogP contribution in [0.1, 0.15) is 59.9 Å². The molecule has 0 aliphatic rings. The number of hydrogen-bond donors (Lipinski definition) is 2. The maximum absolute atomic E-state index is 12.8. The molecule has 6 nitrogen and oxygen atoms in total. The fraction of sp³-hybridized carbons (Fsp3) is 0.636. The van der Waals surface area contributed by atoms with Gasteiger partial charge in [0.15, 0.2) is 0 Å². The van der Waals surface area contributed by atoms with Crippen LogP contribution < -0.4 is 15.5 Å². The summed E-state index contributed by atoms with van der Waals surface area (Å²) in [6.45, 7) is 12.6. The zero-order chi connectivity index (χ0) is 21.4. The summed E-state index contributed by atoms with van der Waals surface area (Å²) < 4.78 is 0. The molecule has 2 N–H and O–H groups in total. The molecule has 0 aliphatic heterocycles. The van der Waals surface area contributed by atoms with Crippen LogP contribution in [0.4, 0.5) is 16.2 Å². The van der Waals surface area contributed by atoms with Gasteiger partial charge in [-0.15, -0.1) is 0 Å². The quantitative estimate of drug-likeness (QED) is 0.654. The van der Waals surface area contributed by atoms with Gasteiger partial charge in [-0.25, -0.2) is 4.79 Å². The van der Waals surface area contributed by atoms with Crippen molar-refractivity contribution < 1.29 is 9.59 Å². The van der Waals surface area contributed by atoms with Gasteiger partial charge in [0.1, 0.15) is 0 Å². The minimum atomic E-state index is -0.0664. The van der Waals surface area contributed by atoms with Gasteiger partial charge in [-0.2, -0.15) is 0 Å². The summed E-state index contributed by atoms with van der Waals surface area (Å²) in [5, 5.41) is 5.98.